The van der Waals surface area contributed by atoms with E-state index in [0.29, 0.717) is 15.9 Å². The molecule has 0 aromatic heterocycles. The fourth-order valence-electron chi connectivity index (χ4n) is 1.24. The van der Waals surface area contributed by atoms with Crippen LogP contribution in [0.2, 0.25) is 0 Å². The Hall–Kier alpha value is -1.10. The molecule has 1 aromatic carbocycles. The molecule has 5 heteroatoms. The number of halogens is 2. The SMILES string of the molecule is CC1Oc2c(Br)cc(F)cc2NC1=O. The summed E-state index contributed by atoms with van der Waals surface area (Å²) in [7, 11) is 0. The highest BCUT2D eigenvalue weighted by Gasteiger charge is 2.25. The number of hydrogen-bond donors (Lipinski definition) is 1. The minimum atomic E-state index is -0.552. The molecule has 0 saturated carbocycles. The molecule has 1 unspecified atom stereocenters. The van der Waals surface area contributed by atoms with Gasteiger partial charge >= 0.3 is 0 Å². The lowest BCUT2D eigenvalue weighted by atomic mass is 10.2. The van der Waals surface area contributed by atoms with Crippen molar-refractivity contribution in [2.24, 2.45) is 0 Å². The molecule has 0 aliphatic carbocycles. The molecule has 1 amide bonds. The Kier molecular flexibility index (Phi) is 2.19. The van der Waals surface area contributed by atoms with Gasteiger partial charge < -0.3 is 10.1 Å². The summed E-state index contributed by atoms with van der Waals surface area (Å²) in [6, 6.07) is 2.52. The molecule has 3 nitrogen and oxygen atoms in total. The van der Waals surface area contributed by atoms with Crippen LogP contribution in [0.1, 0.15) is 6.92 Å². The van der Waals surface area contributed by atoms with Crippen molar-refractivity contribution in [3.63, 3.8) is 0 Å². The average molecular weight is 260 g/mol. The van der Waals surface area contributed by atoms with E-state index in [4.69, 9.17) is 4.74 Å². The highest BCUT2D eigenvalue weighted by atomic mass is 79.9. The minimum absolute atomic E-state index is 0.269. The van der Waals surface area contributed by atoms with Crippen LogP contribution in [0.15, 0.2) is 16.6 Å². The molecule has 14 heavy (non-hydrogen) atoms. The summed E-state index contributed by atoms with van der Waals surface area (Å²) in [5.74, 6) is -0.220. The van der Waals surface area contributed by atoms with Crippen LogP contribution in [0.3, 0.4) is 0 Å². The van der Waals surface area contributed by atoms with E-state index < -0.39 is 11.9 Å². The molecule has 0 bridgehead atoms. The van der Waals surface area contributed by atoms with Gasteiger partial charge in [0, 0.05) is 6.07 Å². The van der Waals surface area contributed by atoms with Crippen molar-refractivity contribution in [3.05, 3.63) is 22.4 Å². The van der Waals surface area contributed by atoms with Gasteiger partial charge in [-0.25, -0.2) is 4.39 Å². The zero-order valence-corrected chi connectivity index (χ0v) is 8.89. The van der Waals surface area contributed by atoms with Gasteiger partial charge in [0.15, 0.2) is 11.9 Å². The van der Waals surface area contributed by atoms with Crippen molar-refractivity contribution >= 4 is 27.5 Å². The van der Waals surface area contributed by atoms with Gasteiger partial charge in [-0.05, 0) is 28.9 Å². The van der Waals surface area contributed by atoms with Crippen LogP contribution >= 0.6 is 15.9 Å². The van der Waals surface area contributed by atoms with E-state index in [1.54, 1.807) is 6.92 Å². The number of fused-ring (bicyclic) bond motifs is 1. The summed E-state index contributed by atoms with van der Waals surface area (Å²) in [6.45, 7) is 1.63. The van der Waals surface area contributed by atoms with Gasteiger partial charge in [0.25, 0.3) is 5.91 Å². The molecule has 0 spiro atoms. The number of rotatable bonds is 0. The van der Waals surface area contributed by atoms with Gasteiger partial charge in [-0.15, -0.1) is 0 Å². The average Bonchev–Trinajstić information content (AvgIpc) is 2.08. The Morgan fingerprint density at radius 1 is 1.57 bits per heavy atom. The molecular formula is C9H7BrFNO2. The number of anilines is 1. The second-order valence-electron chi connectivity index (χ2n) is 3.01. The maximum atomic E-state index is 12.9. The second-order valence-corrected chi connectivity index (χ2v) is 3.87. The van der Waals surface area contributed by atoms with Gasteiger partial charge in [0.1, 0.15) is 5.82 Å². The smallest absolute Gasteiger partial charge is 0.265 e. The number of benzene rings is 1. The van der Waals surface area contributed by atoms with E-state index in [2.05, 4.69) is 21.2 Å². The van der Waals surface area contributed by atoms with Crippen molar-refractivity contribution in [2.45, 2.75) is 13.0 Å². The summed E-state index contributed by atoms with van der Waals surface area (Å²) < 4.78 is 18.7. The lowest BCUT2D eigenvalue weighted by molar-refractivity contribution is -0.122. The summed E-state index contributed by atoms with van der Waals surface area (Å²) in [5.41, 5.74) is 0.361. The number of carbonyl (C=O) groups is 1. The first-order valence-electron chi connectivity index (χ1n) is 4.04. The lowest BCUT2D eigenvalue weighted by Crippen LogP contribution is -2.34. The monoisotopic (exact) mass is 259 g/mol. The highest BCUT2D eigenvalue weighted by molar-refractivity contribution is 9.10. The van der Waals surface area contributed by atoms with Crippen LogP contribution in [0.4, 0.5) is 10.1 Å². The third-order valence-electron chi connectivity index (χ3n) is 1.93. The number of nitrogens with one attached hydrogen (secondary N) is 1. The molecule has 1 N–H and O–H groups in total. The van der Waals surface area contributed by atoms with Crippen molar-refractivity contribution in [1.82, 2.24) is 0 Å². The van der Waals surface area contributed by atoms with E-state index in [9.17, 15) is 9.18 Å². The fourth-order valence-corrected chi connectivity index (χ4v) is 1.76. The van der Waals surface area contributed by atoms with E-state index in [0.717, 1.165) is 0 Å². The molecule has 1 heterocycles. The third-order valence-corrected chi connectivity index (χ3v) is 2.52. The fraction of sp³-hybridized carbons (Fsp3) is 0.222. The lowest BCUT2D eigenvalue weighted by Gasteiger charge is -2.24. The Balaban J connectivity index is 2.51. The molecule has 1 aliphatic heterocycles. The summed E-state index contributed by atoms with van der Waals surface area (Å²) in [5, 5.41) is 2.56. The van der Waals surface area contributed by atoms with E-state index in [1.165, 1.54) is 12.1 Å². The summed E-state index contributed by atoms with van der Waals surface area (Å²) in [4.78, 5) is 11.2. The number of hydrogen-bond acceptors (Lipinski definition) is 2. The third kappa shape index (κ3) is 1.48. The molecule has 0 fully saturated rings. The minimum Gasteiger partial charge on any atom is -0.478 e. The molecule has 1 aliphatic rings. The Labute approximate surface area is 88.4 Å². The maximum Gasteiger partial charge on any atom is 0.265 e. The van der Waals surface area contributed by atoms with Gasteiger partial charge in [-0.3, -0.25) is 4.79 Å². The summed E-state index contributed by atoms with van der Waals surface area (Å²) in [6.07, 6.45) is -0.552. The van der Waals surface area contributed by atoms with E-state index >= 15 is 0 Å². The van der Waals surface area contributed by atoms with Gasteiger partial charge in [0.05, 0.1) is 10.2 Å². The quantitative estimate of drug-likeness (QED) is 0.777. The zero-order chi connectivity index (χ0) is 10.3. The number of ether oxygens (including phenoxy) is 1. The van der Waals surface area contributed by atoms with Crippen LogP contribution in [0, 0.1) is 5.82 Å². The predicted molar refractivity (Wildman–Crippen MR) is 52.8 cm³/mol. The Bertz CT molecular complexity index is 408. The van der Waals surface area contributed by atoms with Crippen LogP contribution in [-0.4, -0.2) is 12.0 Å². The van der Waals surface area contributed by atoms with Crippen LogP contribution in [0.5, 0.6) is 5.75 Å². The van der Waals surface area contributed by atoms with E-state index in [1.807, 2.05) is 0 Å². The van der Waals surface area contributed by atoms with Gasteiger partial charge in [-0.1, -0.05) is 0 Å². The van der Waals surface area contributed by atoms with Gasteiger partial charge in [0.2, 0.25) is 0 Å². The first kappa shape index (κ1) is 9.45. The Morgan fingerprint density at radius 3 is 3.00 bits per heavy atom. The van der Waals surface area contributed by atoms with Crippen molar-refractivity contribution < 1.29 is 13.9 Å². The Morgan fingerprint density at radius 2 is 2.29 bits per heavy atom. The maximum absolute atomic E-state index is 12.9. The van der Waals surface area contributed by atoms with Crippen LogP contribution in [-0.2, 0) is 4.79 Å². The molecule has 0 radical (unpaired) electrons. The van der Waals surface area contributed by atoms with Crippen molar-refractivity contribution in [2.75, 3.05) is 5.32 Å². The highest BCUT2D eigenvalue weighted by Crippen LogP contribution is 2.37. The number of amides is 1. The van der Waals surface area contributed by atoms with Crippen molar-refractivity contribution in [1.29, 1.82) is 0 Å². The molecule has 1 aromatic rings. The second kappa shape index (κ2) is 3.24. The summed E-state index contributed by atoms with van der Waals surface area (Å²) >= 11 is 3.16. The molecule has 2 rings (SSSR count). The van der Waals surface area contributed by atoms with Crippen LogP contribution < -0.4 is 10.1 Å². The normalized spacial score (nSPS) is 19.6. The largest absolute Gasteiger partial charge is 0.478 e. The topological polar surface area (TPSA) is 38.3 Å². The first-order valence-corrected chi connectivity index (χ1v) is 4.84. The zero-order valence-electron chi connectivity index (χ0n) is 7.30. The van der Waals surface area contributed by atoms with Gasteiger partial charge in [-0.2, -0.15) is 0 Å². The first-order chi connectivity index (χ1) is 6.58. The number of carbonyl (C=O) groups excluding carboxylic acids is 1. The van der Waals surface area contributed by atoms with Crippen LogP contribution in [0.25, 0.3) is 0 Å². The molecular weight excluding hydrogens is 253 g/mol. The molecule has 0 saturated heterocycles. The standard InChI is InChI=1S/C9H7BrFNO2/c1-4-9(13)12-7-3-5(11)2-6(10)8(7)14-4/h2-4H,1H3,(H,12,13). The van der Waals surface area contributed by atoms with Crippen molar-refractivity contribution in [3.8, 4) is 5.75 Å². The van der Waals surface area contributed by atoms with E-state index in [-0.39, 0.29) is 5.91 Å². The predicted octanol–water partition coefficient (Wildman–Crippen LogP) is 2.31. The molecule has 74 valence electrons. The molecule has 1 atom stereocenters.